The first-order valence-electron chi connectivity index (χ1n) is 8.76. The van der Waals surface area contributed by atoms with Crippen LogP contribution in [-0.4, -0.2) is 9.55 Å². The Kier molecular flexibility index (Phi) is 4.32. The molecule has 26 heavy (non-hydrogen) atoms. The molecule has 1 fully saturated rings. The third-order valence-corrected chi connectivity index (χ3v) is 5.74. The van der Waals surface area contributed by atoms with E-state index in [9.17, 15) is 4.39 Å². The highest BCUT2D eigenvalue weighted by Crippen LogP contribution is 2.50. The lowest BCUT2D eigenvalue weighted by atomic mass is 10.0. The van der Waals surface area contributed by atoms with Gasteiger partial charge >= 0.3 is 0 Å². The fourth-order valence-corrected chi connectivity index (χ4v) is 3.83. The summed E-state index contributed by atoms with van der Waals surface area (Å²) in [6.45, 7) is 2.83. The van der Waals surface area contributed by atoms with E-state index < -0.39 is 0 Å². The van der Waals surface area contributed by atoms with Crippen LogP contribution in [0.1, 0.15) is 36.2 Å². The van der Waals surface area contributed by atoms with Crippen LogP contribution in [0.3, 0.4) is 0 Å². The molecule has 0 saturated heterocycles. The van der Waals surface area contributed by atoms with Crippen LogP contribution in [0.4, 0.5) is 4.39 Å². The molecule has 3 aromatic rings. The van der Waals surface area contributed by atoms with Crippen molar-refractivity contribution in [2.45, 2.75) is 39.2 Å². The lowest BCUT2D eigenvalue weighted by molar-refractivity contribution is 0.430. The van der Waals surface area contributed by atoms with Crippen LogP contribution >= 0.6 is 15.9 Å². The van der Waals surface area contributed by atoms with E-state index in [0.717, 1.165) is 40.7 Å². The van der Waals surface area contributed by atoms with Gasteiger partial charge in [0, 0.05) is 29.3 Å². The fourth-order valence-electron chi connectivity index (χ4n) is 3.50. The second kappa shape index (κ2) is 6.51. The van der Waals surface area contributed by atoms with Crippen molar-refractivity contribution >= 4 is 27.0 Å². The van der Waals surface area contributed by atoms with Gasteiger partial charge in [-0.2, -0.15) is 5.26 Å². The Labute approximate surface area is 160 Å². The van der Waals surface area contributed by atoms with Crippen molar-refractivity contribution in [3.63, 3.8) is 0 Å². The maximum Gasteiger partial charge on any atom is 0.127 e. The van der Waals surface area contributed by atoms with E-state index >= 15 is 0 Å². The predicted octanol–water partition coefficient (Wildman–Crippen LogP) is 5.53. The molecule has 0 spiro atoms. The van der Waals surface area contributed by atoms with E-state index in [2.05, 4.69) is 39.6 Å². The largest absolute Gasteiger partial charge is 0.327 e. The van der Waals surface area contributed by atoms with Gasteiger partial charge in [0.05, 0.1) is 17.1 Å². The van der Waals surface area contributed by atoms with Crippen molar-refractivity contribution in [3.8, 4) is 6.07 Å². The van der Waals surface area contributed by atoms with Crippen LogP contribution in [-0.2, 0) is 13.0 Å². The van der Waals surface area contributed by atoms with Gasteiger partial charge in [-0.1, -0.05) is 28.1 Å². The van der Waals surface area contributed by atoms with Crippen LogP contribution in [0.15, 0.2) is 40.9 Å². The van der Waals surface area contributed by atoms with Crippen LogP contribution in [0.2, 0.25) is 0 Å². The molecule has 0 bridgehead atoms. The lowest BCUT2D eigenvalue weighted by Crippen LogP contribution is -2.14. The standard InChI is InChI=1S/C21H19BrFN3/c1-14-2-5-18-19(10-14)26(13-21(6-7-21)8-9-24)20(25-18)11-15-3-4-16(22)12-17(15)23/h2-5,10,12H,6-8,11,13H2,1H3. The summed E-state index contributed by atoms with van der Waals surface area (Å²) in [6, 6.07) is 13.7. The summed E-state index contributed by atoms with van der Waals surface area (Å²) in [5.74, 6) is 0.628. The molecule has 132 valence electrons. The van der Waals surface area contributed by atoms with Crippen LogP contribution < -0.4 is 0 Å². The van der Waals surface area contributed by atoms with Gasteiger partial charge in [0.1, 0.15) is 11.6 Å². The Morgan fingerprint density at radius 3 is 2.77 bits per heavy atom. The highest BCUT2D eigenvalue weighted by Gasteiger charge is 2.43. The van der Waals surface area contributed by atoms with Crippen molar-refractivity contribution < 1.29 is 4.39 Å². The first-order valence-corrected chi connectivity index (χ1v) is 9.56. The third-order valence-electron chi connectivity index (χ3n) is 5.25. The second-order valence-corrected chi connectivity index (χ2v) is 8.27. The summed E-state index contributed by atoms with van der Waals surface area (Å²) in [5.41, 5.74) is 3.86. The Bertz CT molecular complexity index is 1030. The molecule has 0 atom stereocenters. The van der Waals surface area contributed by atoms with Crippen LogP contribution in [0.25, 0.3) is 11.0 Å². The predicted molar refractivity (Wildman–Crippen MR) is 103 cm³/mol. The second-order valence-electron chi connectivity index (χ2n) is 7.35. The zero-order valence-electron chi connectivity index (χ0n) is 14.6. The van der Waals surface area contributed by atoms with E-state index in [-0.39, 0.29) is 11.2 Å². The number of nitriles is 1. The van der Waals surface area contributed by atoms with Gasteiger partial charge < -0.3 is 4.57 Å². The number of benzene rings is 2. The number of hydrogen-bond acceptors (Lipinski definition) is 2. The van der Waals surface area contributed by atoms with Crippen molar-refractivity contribution in [2.75, 3.05) is 0 Å². The van der Waals surface area contributed by atoms with E-state index in [0.29, 0.717) is 18.4 Å². The molecule has 1 aliphatic carbocycles. The minimum atomic E-state index is -0.229. The zero-order chi connectivity index (χ0) is 18.3. The molecular formula is C21H19BrFN3. The highest BCUT2D eigenvalue weighted by molar-refractivity contribution is 9.10. The number of aryl methyl sites for hydroxylation is 1. The summed E-state index contributed by atoms with van der Waals surface area (Å²) in [4.78, 5) is 4.79. The highest BCUT2D eigenvalue weighted by atomic mass is 79.9. The first-order chi connectivity index (χ1) is 12.5. The van der Waals surface area contributed by atoms with Gasteiger partial charge in [0.15, 0.2) is 0 Å². The molecule has 0 unspecified atom stereocenters. The van der Waals surface area contributed by atoms with Crippen molar-refractivity contribution in [2.24, 2.45) is 5.41 Å². The monoisotopic (exact) mass is 411 g/mol. The summed E-state index contributed by atoms with van der Waals surface area (Å²) in [6.07, 6.45) is 3.14. The maximum absolute atomic E-state index is 14.3. The molecule has 2 aromatic carbocycles. The van der Waals surface area contributed by atoms with Crippen LogP contribution in [0.5, 0.6) is 0 Å². The minimum Gasteiger partial charge on any atom is -0.327 e. The molecule has 1 heterocycles. The minimum absolute atomic E-state index is 0.0547. The number of nitrogens with zero attached hydrogens (tertiary/aromatic N) is 3. The average Bonchev–Trinajstić information content (AvgIpc) is 3.28. The van der Waals surface area contributed by atoms with Gasteiger partial charge in [-0.15, -0.1) is 0 Å². The van der Waals surface area contributed by atoms with Gasteiger partial charge in [-0.05, 0) is 55.2 Å². The molecule has 4 rings (SSSR count). The SMILES string of the molecule is Cc1ccc2nc(Cc3ccc(Br)cc3F)n(CC3(CC#N)CC3)c2c1. The number of imidazole rings is 1. The fraction of sp³-hybridized carbons (Fsp3) is 0.333. The number of fused-ring (bicyclic) bond motifs is 1. The van der Waals surface area contributed by atoms with Gasteiger partial charge in [0.25, 0.3) is 0 Å². The summed E-state index contributed by atoms with van der Waals surface area (Å²) >= 11 is 3.31. The molecule has 5 heteroatoms. The smallest absolute Gasteiger partial charge is 0.127 e. The topological polar surface area (TPSA) is 41.6 Å². The molecule has 1 saturated carbocycles. The average molecular weight is 412 g/mol. The van der Waals surface area contributed by atoms with Crippen molar-refractivity contribution in [1.29, 1.82) is 5.26 Å². The summed E-state index contributed by atoms with van der Waals surface area (Å²) in [5, 5.41) is 9.17. The summed E-state index contributed by atoms with van der Waals surface area (Å²) < 4.78 is 17.3. The molecule has 0 aliphatic heterocycles. The van der Waals surface area contributed by atoms with E-state index in [1.807, 2.05) is 18.2 Å². The molecule has 1 aliphatic rings. The third kappa shape index (κ3) is 3.26. The normalized spacial score (nSPS) is 15.2. The number of hydrogen-bond donors (Lipinski definition) is 0. The van der Waals surface area contributed by atoms with Gasteiger partial charge in [-0.3, -0.25) is 0 Å². The van der Waals surface area contributed by atoms with E-state index in [1.54, 1.807) is 6.07 Å². The van der Waals surface area contributed by atoms with Gasteiger partial charge in [0.2, 0.25) is 0 Å². The Morgan fingerprint density at radius 2 is 2.08 bits per heavy atom. The Morgan fingerprint density at radius 1 is 1.27 bits per heavy atom. The number of rotatable bonds is 5. The maximum atomic E-state index is 14.3. The lowest BCUT2D eigenvalue weighted by Gasteiger charge is -2.16. The van der Waals surface area contributed by atoms with E-state index in [1.165, 1.54) is 11.6 Å². The summed E-state index contributed by atoms with van der Waals surface area (Å²) in [7, 11) is 0. The zero-order valence-corrected chi connectivity index (χ0v) is 16.2. The molecule has 1 aromatic heterocycles. The first kappa shape index (κ1) is 17.2. The molecule has 0 radical (unpaired) electrons. The van der Waals surface area contributed by atoms with Crippen LogP contribution in [0, 0.1) is 29.5 Å². The molecular weight excluding hydrogens is 393 g/mol. The number of halogens is 2. The molecule has 0 amide bonds. The van der Waals surface area contributed by atoms with Gasteiger partial charge in [-0.25, -0.2) is 9.37 Å². The van der Waals surface area contributed by atoms with E-state index in [4.69, 9.17) is 10.2 Å². The van der Waals surface area contributed by atoms with Crippen molar-refractivity contribution in [3.05, 3.63) is 63.6 Å². The molecule has 0 N–H and O–H groups in total. The Hall–Kier alpha value is -2.19. The number of aromatic nitrogens is 2. The molecule has 3 nitrogen and oxygen atoms in total. The van der Waals surface area contributed by atoms with Crippen molar-refractivity contribution in [1.82, 2.24) is 9.55 Å². The Balaban J connectivity index is 1.78. The quantitative estimate of drug-likeness (QED) is 0.553.